The van der Waals surface area contributed by atoms with E-state index < -0.39 is 12.1 Å². The molecule has 2 saturated heterocycles. The number of nitrogens with zero attached hydrogens (tertiary/aromatic N) is 1. The van der Waals surface area contributed by atoms with Gasteiger partial charge in [0.2, 0.25) is 0 Å². The Morgan fingerprint density at radius 2 is 1.96 bits per heavy atom. The molecule has 2 aliphatic rings. The second-order valence-electron chi connectivity index (χ2n) is 6.77. The van der Waals surface area contributed by atoms with Gasteiger partial charge in [-0.3, -0.25) is 0 Å². The molecular formula is C17H17F3N2O4. The lowest BCUT2D eigenvalue weighted by molar-refractivity contribution is -0.189. The zero-order chi connectivity index (χ0) is 18.5. The third-order valence-electron chi connectivity index (χ3n) is 4.82. The van der Waals surface area contributed by atoms with Gasteiger partial charge in [0.25, 0.3) is 0 Å². The minimum absolute atomic E-state index is 0.0267. The Kier molecular flexibility index (Phi) is 4.06. The molecule has 2 aliphatic heterocycles. The third-order valence-corrected chi connectivity index (χ3v) is 4.82. The number of halogens is 3. The van der Waals surface area contributed by atoms with E-state index in [1.807, 2.05) is 0 Å². The van der Waals surface area contributed by atoms with E-state index in [1.165, 1.54) is 13.0 Å². The molecule has 2 aromatic rings. The van der Waals surface area contributed by atoms with Crippen LogP contribution < -0.4 is 14.8 Å². The molecule has 0 radical (unpaired) electrons. The summed E-state index contributed by atoms with van der Waals surface area (Å²) in [5.74, 6) is -2.57. The van der Waals surface area contributed by atoms with Crippen molar-refractivity contribution in [1.29, 1.82) is 0 Å². The van der Waals surface area contributed by atoms with Gasteiger partial charge in [0.15, 0.2) is 16.8 Å². The Labute approximate surface area is 146 Å². The fraction of sp³-hybridized carbons (Fsp3) is 0.529. The van der Waals surface area contributed by atoms with E-state index >= 15 is 0 Å². The van der Waals surface area contributed by atoms with Crippen LogP contribution in [0.4, 0.5) is 13.2 Å². The molecule has 2 unspecified atom stereocenters. The minimum atomic E-state index is -5.09. The smallest absolute Gasteiger partial charge is 0.447 e. The first-order valence-electron chi connectivity index (χ1n) is 8.41. The van der Waals surface area contributed by atoms with Crippen LogP contribution in [0, 0.1) is 6.92 Å². The van der Waals surface area contributed by atoms with E-state index in [0.717, 1.165) is 25.7 Å². The number of piperidine rings is 1. The first-order valence-corrected chi connectivity index (χ1v) is 8.41. The maximum atomic E-state index is 12.5. The number of hydrogen-bond donors (Lipinski definition) is 1. The third kappa shape index (κ3) is 3.23. The molecule has 0 spiro atoms. The normalized spacial score (nSPS) is 25.5. The molecule has 26 heavy (non-hydrogen) atoms. The number of carbonyl (C=O) groups is 1. The van der Waals surface area contributed by atoms with Gasteiger partial charge in [-0.2, -0.15) is 18.2 Å². The van der Waals surface area contributed by atoms with E-state index in [9.17, 15) is 18.0 Å². The van der Waals surface area contributed by atoms with Crippen molar-refractivity contribution in [3.63, 3.8) is 0 Å². The molecule has 2 atom stereocenters. The van der Waals surface area contributed by atoms with Gasteiger partial charge >= 0.3 is 18.2 Å². The van der Waals surface area contributed by atoms with Crippen LogP contribution in [0.15, 0.2) is 16.5 Å². The molecule has 4 rings (SSSR count). The highest BCUT2D eigenvalue weighted by Crippen LogP contribution is 2.35. The van der Waals surface area contributed by atoms with E-state index in [4.69, 9.17) is 9.15 Å². The zero-order valence-electron chi connectivity index (χ0n) is 13.9. The number of ether oxygens (including phenoxy) is 2. The number of nitrogens with one attached hydrogen (secondary N) is 1. The van der Waals surface area contributed by atoms with Crippen molar-refractivity contribution in [2.24, 2.45) is 0 Å². The highest BCUT2D eigenvalue weighted by molar-refractivity contribution is 5.87. The van der Waals surface area contributed by atoms with Gasteiger partial charge < -0.3 is 19.2 Å². The molecule has 140 valence electrons. The van der Waals surface area contributed by atoms with Crippen LogP contribution >= 0.6 is 0 Å². The summed E-state index contributed by atoms with van der Waals surface area (Å²) in [6.07, 6.45) is -1.32. The largest absolute Gasteiger partial charge is 0.491 e. The summed E-state index contributed by atoms with van der Waals surface area (Å²) < 4.78 is 53.4. The highest BCUT2D eigenvalue weighted by atomic mass is 19.4. The van der Waals surface area contributed by atoms with Crippen LogP contribution in [0.5, 0.6) is 11.8 Å². The molecule has 1 N–H and O–H groups in total. The zero-order valence-corrected chi connectivity index (χ0v) is 13.9. The van der Waals surface area contributed by atoms with E-state index in [0.29, 0.717) is 17.6 Å². The molecule has 6 nitrogen and oxygen atoms in total. The van der Waals surface area contributed by atoms with Crippen molar-refractivity contribution in [1.82, 2.24) is 10.3 Å². The molecule has 0 amide bonds. The molecule has 0 aliphatic carbocycles. The summed E-state index contributed by atoms with van der Waals surface area (Å²) in [6, 6.07) is 3.88. The van der Waals surface area contributed by atoms with Crippen molar-refractivity contribution < 1.29 is 31.9 Å². The number of aromatic nitrogens is 1. The summed E-state index contributed by atoms with van der Waals surface area (Å²) in [7, 11) is 0. The number of esters is 1. The SMILES string of the molecule is Cc1ccc2oc(OC3CC4CCC(C3)N4)nc2c1OC(=O)C(F)(F)F. The standard InChI is InChI=1S/C17H17F3N2O4/c1-8-2-5-12-13(14(8)26-15(23)17(18,19)20)22-16(25-12)24-11-6-9-3-4-10(7-11)21-9/h2,5,9-11,21H,3-4,6-7H2,1H3. The van der Waals surface area contributed by atoms with E-state index in [-0.39, 0.29) is 29.0 Å². The van der Waals surface area contributed by atoms with Crippen molar-refractivity contribution in [2.45, 2.75) is 57.0 Å². The summed E-state index contributed by atoms with van der Waals surface area (Å²) >= 11 is 0. The summed E-state index contributed by atoms with van der Waals surface area (Å²) in [5, 5.41) is 3.49. The Morgan fingerprint density at radius 1 is 1.27 bits per heavy atom. The first-order chi connectivity index (χ1) is 12.3. The van der Waals surface area contributed by atoms with Crippen molar-refractivity contribution in [3.05, 3.63) is 17.7 Å². The molecular weight excluding hydrogens is 353 g/mol. The summed E-state index contributed by atoms with van der Waals surface area (Å²) in [5.41, 5.74) is 0.580. The lowest BCUT2D eigenvalue weighted by Gasteiger charge is -2.28. The Hall–Kier alpha value is -2.29. The first kappa shape index (κ1) is 17.1. The van der Waals surface area contributed by atoms with Gasteiger partial charge in [-0.1, -0.05) is 6.07 Å². The fourth-order valence-electron chi connectivity index (χ4n) is 3.62. The number of alkyl halides is 3. The van der Waals surface area contributed by atoms with Gasteiger partial charge in [-0.15, -0.1) is 0 Å². The van der Waals surface area contributed by atoms with E-state index in [2.05, 4.69) is 15.0 Å². The van der Waals surface area contributed by atoms with Crippen LogP contribution in [0.25, 0.3) is 11.1 Å². The van der Waals surface area contributed by atoms with Crippen LogP contribution in [-0.2, 0) is 4.79 Å². The van der Waals surface area contributed by atoms with Gasteiger partial charge in [0.1, 0.15) is 6.10 Å². The fourth-order valence-corrected chi connectivity index (χ4v) is 3.62. The Morgan fingerprint density at radius 3 is 2.62 bits per heavy atom. The lowest BCUT2D eigenvalue weighted by atomic mass is 10.0. The van der Waals surface area contributed by atoms with Crippen LogP contribution in [0.3, 0.4) is 0 Å². The monoisotopic (exact) mass is 370 g/mol. The maximum absolute atomic E-state index is 12.5. The van der Waals surface area contributed by atoms with Crippen LogP contribution in [-0.4, -0.2) is 35.3 Å². The highest BCUT2D eigenvalue weighted by Gasteiger charge is 2.42. The Bertz CT molecular complexity index is 836. The molecule has 9 heteroatoms. The number of carbonyl (C=O) groups excluding carboxylic acids is 1. The van der Waals surface area contributed by atoms with Gasteiger partial charge in [0, 0.05) is 12.1 Å². The van der Waals surface area contributed by atoms with Crippen molar-refractivity contribution >= 4 is 17.1 Å². The van der Waals surface area contributed by atoms with Crippen molar-refractivity contribution in [2.75, 3.05) is 0 Å². The molecule has 2 fully saturated rings. The average molecular weight is 370 g/mol. The van der Waals surface area contributed by atoms with Crippen LogP contribution in [0.2, 0.25) is 0 Å². The molecule has 0 saturated carbocycles. The number of rotatable bonds is 3. The second-order valence-corrected chi connectivity index (χ2v) is 6.77. The Balaban J connectivity index is 1.58. The summed E-state index contributed by atoms with van der Waals surface area (Å²) in [6.45, 7) is 1.53. The average Bonchev–Trinajstić information content (AvgIpc) is 3.12. The lowest BCUT2D eigenvalue weighted by Crippen LogP contribution is -2.42. The number of hydrogen-bond acceptors (Lipinski definition) is 6. The summed E-state index contributed by atoms with van der Waals surface area (Å²) in [4.78, 5) is 15.3. The van der Waals surface area contributed by atoms with Crippen LogP contribution in [0.1, 0.15) is 31.2 Å². The predicted octanol–water partition coefficient (Wildman–Crippen LogP) is 3.27. The van der Waals surface area contributed by atoms with E-state index in [1.54, 1.807) is 6.07 Å². The molecule has 2 bridgehead atoms. The van der Waals surface area contributed by atoms with Gasteiger partial charge in [-0.25, -0.2) is 4.79 Å². The van der Waals surface area contributed by atoms with Crippen molar-refractivity contribution in [3.8, 4) is 11.8 Å². The number of fused-ring (bicyclic) bond motifs is 3. The second kappa shape index (κ2) is 6.15. The number of aryl methyl sites for hydroxylation is 1. The minimum Gasteiger partial charge on any atom is -0.447 e. The molecule has 1 aromatic heterocycles. The predicted molar refractivity (Wildman–Crippen MR) is 84.0 cm³/mol. The number of oxazole rings is 1. The topological polar surface area (TPSA) is 73.6 Å². The van der Waals surface area contributed by atoms with Gasteiger partial charge in [0.05, 0.1) is 0 Å². The van der Waals surface area contributed by atoms with Gasteiger partial charge in [-0.05, 0) is 44.2 Å². The maximum Gasteiger partial charge on any atom is 0.491 e. The quantitative estimate of drug-likeness (QED) is 0.660. The molecule has 3 heterocycles. The number of benzene rings is 1. The molecule has 1 aromatic carbocycles.